The molecule has 3 N–H and O–H groups in total. The summed E-state index contributed by atoms with van der Waals surface area (Å²) in [5, 5.41) is 11.6. The van der Waals surface area contributed by atoms with E-state index in [1.165, 1.54) is 17.3 Å². The molecule has 0 bridgehead atoms. The van der Waals surface area contributed by atoms with Gasteiger partial charge in [0.05, 0.1) is 6.54 Å². The van der Waals surface area contributed by atoms with Crippen LogP contribution in [0.5, 0.6) is 0 Å². The van der Waals surface area contributed by atoms with Crippen molar-refractivity contribution in [1.29, 1.82) is 0 Å². The van der Waals surface area contributed by atoms with E-state index in [0.717, 1.165) is 0 Å². The summed E-state index contributed by atoms with van der Waals surface area (Å²) in [6, 6.07) is 0. The zero-order valence-electron chi connectivity index (χ0n) is 11.1. The average molecular weight is 304 g/mol. The Hall–Kier alpha value is -2.10. The van der Waals surface area contributed by atoms with Crippen LogP contribution in [-0.4, -0.2) is 64.8 Å². The molecule has 0 saturated carbocycles. The Morgan fingerprint density at radius 1 is 1.24 bits per heavy atom. The minimum absolute atomic E-state index is 0.184. The van der Waals surface area contributed by atoms with E-state index in [2.05, 4.69) is 15.1 Å². The van der Waals surface area contributed by atoms with Gasteiger partial charge in [0.15, 0.2) is 17.3 Å². The number of nitrogens with two attached hydrogens (primary N) is 1. The number of anilines is 1. The lowest BCUT2D eigenvalue weighted by Gasteiger charge is -2.35. The smallest absolute Gasteiger partial charge is 0.401 e. The van der Waals surface area contributed by atoms with Gasteiger partial charge >= 0.3 is 6.18 Å². The number of oxime groups is 1. The highest BCUT2D eigenvalue weighted by Gasteiger charge is 2.32. The van der Waals surface area contributed by atoms with Gasteiger partial charge in [-0.1, -0.05) is 5.16 Å². The van der Waals surface area contributed by atoms with Crippen molar-refractivity contribution in [2.75, 3.05) is 37.6 Å². The molecular weight excluding hydrogens is 289 g/mol. The molecule has 2 heterocycles. The van der Waals surface area contributed by atoms with Gasteiger partial charge in [0.1, 0.15) is 0 Å². The van der Waals surface area contributed by atoms with Crippen LogP contribution >= 0.6 is 0 Å². The number of amidine groups is 1. The lowest BCUT2D eigenvalue weighted by molar-refractivity contribution is -0.146. The highest BCUT2D eigenvalue weighted by atomic mass is 19.4. The number of nitrogens with zero attached hydrogens (tertiary/aromatic N) is 5. The van der Waals surface area contributed by atoms with Crippen molar-refractivity contribution in [3.05, 3.63) is 18.1 Å². The molecule has 1 saturated heterocycles. The fourth-order valence-corrected chi connectivity index (χ4v) is 2.16. The maximum absolute atomic E-state index is 12.3. The Kier molecular flexibility index (Phi) is 4.46. The minimum Gasteiger partial charge on any atom is -0.409 e. The molecule has 1 aromatic rings. The summed E-state index contributed by atoms with van der Waals surface area (Å²) in [5.74, 6) is 0.218. The Bertz CT molecular complexity index is 513. The first-order valence-electron chi connectivity index (χ1n) is 6.23. The number of halogens is 3. The highest BCUT2D eigenvalue weighted by molar-refractivity contribution is 5.99. The van der Waals surface area contributed by atoms with E-state index in [4.69, 9.17) is 10.9 Å². The molecule has 0 atom stereocenters. The van der Waals surface area contributed by atoms with Crippen molar-refractivity contribution in [2.24, 2.45) is 10.9 Å². The Morgan fingerprint density at radius 2 is 1.86 bits per heavy atom. The molecule has 1 aliphatic rings. The lowest BCUT2D eigenvalue weighted by atomic mass is 10.2. The van der Waals surface area contributed by atoms with E-state index >= 15 is 0 Å². The lowest BCUT2D eigenvalue weighted by Crippen LogP contribution is -2.50. The Morgan fingerprint density at radius 3 is 2.43 bits per heavy atom. The van der Waals surface area contributed by atoms with Crippen molar-refractivity contribution in [2.45, 2.75) is 6.18 Å². The minimum atomic E-state index is -4.20. The van der Waals surface area contributed by atoms with Crippen LogP contribution in [0, 0.1) is 0 Å². The molecule has 0 aliphatic carbocycles. The van der Waals surface area contributed by atoms with Crippen molar-refractivity contribution >= 4 is 11.7 Å². The summed E-state index contributed by atoms with van der Waals surface area (Å²) in [6.07, 6.45) is -1.35. The Labute approximate surface area is 118 Å². The third kappa shape index (κ3) is 3.94. The van der Waals surface area contributed by atoms with E-state index in [-0.39, 0.29) is 24.6 Å². The molecule has 0 aromatic carbocycles. The molecular formula is C11H15F3N6O. The third-order valence-electron chi connectivity index (χ3n) is 3.10. The largest absolute Gasteiger partial charge is 0.409 e. The van der Waals surface area contributed by atoms with Crippen molar-refractivity contribution in [3.63, 3.8) is 0 Å². The van der Waals surface area contributed by atoms with E-state index in [0.29, 0.717) is 18.9 Å². The van der Waals surface area contributed by atoms with Crippen molar-refractivity contribution < 1.29 is 18.4 Å². The molecule has 0 radical (unpaired) electrons. The van der Waals surface area contributed by atoms with Crippen LogP contribution < -0.4 is 10.6 Å². The van der Waals surface area contributed by atoms with E-state index in [1.807, 2.05) is 0 Å². The van der Waals surface area contributed by atoms with Gasteiger partial charge in [-0.3, -0.25) is 4.90 Å². The number of piperazine rings is 1. The molecule has 1 fully saturated rings. The number of rotatable bonds is 3. The maximum Gasteiger partial charge on any atom is 0.401 e. The molecule has 7 nitrogen and oxygen atoms in total. The van der Waals surface area contributed by atoms with Crippen LogP contribution in [-0.2, 0) is 0 Å². The first-order chi connectivity index (χ1) is 9.90. The standard InChI is InChI=1S/C11H15F3N6O/c12-11(13,14)7-19-3-5-20(6-4-19)10-8(9(15)18-21)16-1-2-17-10/h1-2,21H,3-7H2,(H2,15,18). The van der Waals surface area contributed by atoms with Gasteiger partial charge in [-0.15, -0.1) is 0 Å². The monoisotopic (exact) mass is 304 g/mol. The second kappa shape index (κ2) is 6.12. The van der Waals surface area contributed by atoms with Crippen LogP contribution in [0.15, 0.2) is 17.5 Å². The van der Waals surface area contributed by atoms with Gasteiger partial charge in [-0.25, -0.2) is 9.97 Å². The summed E-state index contributed by atoms with van der Waals surface area (Å²) >= 11 is 0. The molecule has 2 rings (SSSR count). The van der Waals surface area contributed by atoms with E-state index in [1.54, 1.807) is 4.90 Å². The SMILES string of the molecule is NC(=NO)c1nccnc1N1CCN(CC(F)(F)F)CC1. The second-order valence-electron chi connectivity index (χ2n) is 4.59. The molecule has 0 unspecified atom stereocenters. The molecule has 1 aliphatic heterocycles. The van der Waals surface area contributed by atoms with E-state index < -0.39 is 12.7 Å². The molecule has 116 valence electrons. The fraction of sp³-hybridized carbons (Fsp3) is 0.545. The predicted molar refractivity (Wildman–Crippen MR) is 69.3 cm³/mol. The van der Waals surface area contributed by atoms with Gasteiger partial charge in [0, 0.05) is 38.6 Å². The second-order valence-corrected chi connectivity index (χ2v) is 4.59. The first kappa shape index (κ1) is 15.3. The van der Waals surface area contributed by atoms with Crippen LogP contribution in [0.2, 0.25) is 0 Å². The van der Waals surface area contributed by atoms with Crippen LogP contribution in [0.3, 0.4) is 0 Å². The third-order valence-corrected chi connectivity index (χ3v) is 3.10. The number of alkyl halides is 3. The Balaban J connectivity index is 2.06. The predicted octanol–water partition coefficient (Wildman–Crippen LogP) is 0.255. The summed E-state index contributed by atoms with van der Waals surface area (Å²) in [7, 11) is 0. The highest BCUT2D eigenvalue weighted by Crippen LogP contribution is 2.20. The molecule has 0 amide bonds. The van der Waals surface area contributed by atoms with Gasteiger partial charge in [0.2, 0.25) is 0 Å². The fourth-order valence-electron chi connectivity index (χ4n) is 2.16. The molecule has 10 heteroatoms. The summed E-state index contributed by atoms with van der Waals surface area (Å²) in [5.41, 5.74) is 5.74. The topological polar surface area (TPSA) is 90.9 Å². The van der Waals surface area contributed by atoms with E-state index in [9.17, 15) is 13.2 Å². The van der Waals surface area contributed by atoms with Crippen LogP contribution in [0.25, 0.3) is 0 Å². The van der Waals surface area contributed by atoms with Crippen molar-refractivity contribution in [1.82, 2.24) is 14.9 Å². The summed E-state index contributed by atoms with van der Waals surface area (Å²) in [6.45, 7) is 0.312. The quantitative estimate of drug-likeness (QED) is 0.360. The van der Waals surface area contributed by atoms with Gasteiger partial charge < -0.3 is 15.8 Å². The van der Waals surface area contributed by atoms with Gasteiger partial charge in [-0.05, 0) is 0 Å². The van der Waals surface area contributed by atoms with Gasteiger partial charge in [-0.2, -0.15) is 13.2 Å². The van der Waals surface area contributed by atoms with Crippen LogP contribution in [0.4, 0.5) is 19.0 Å². The number of aromatic nitrogens is 2. The summed E-state index contributed by atoms with van der Waals surface area (Å²) < 4.78 is 37.0. The van der Waals surface area contributed by atoms with Gasteiger partial charge in [0.25, 0.3) is 0 Å². The van der Waals surface area contributed by atoms with Crippen molar-refractivity contribution in [3.8, 4) is 0 Å². The van der Waals surface area contributed by atoms with Crippen LogP contribution in [0.1, 0.15) is 5.69 Å². The first-order valence-corrected chi connectivity index (χ1v) is 6.23. The molecule has 21 heavy (non-hydrogen) atoms. The molecule has 0 spiro atoms. The number of hydrogen-bond acceptors (Lipinski definition) is 6. The summed E-state index contributed by atoms with van der Waals surface area (Å²) in [4.78, 5) is 11.2. The normalized spacial score (nSPS) is 18.0. The zero-order valence-corrected chi connectivity index (χ0v) is 11.1. The maximum atomic E-state index is 12.3. The number of hydrogen-bond donors (Lipinski definition) is 2. The average Bonchev–Trinajstić information content (AvgIpc) is 2.45. The zero-order chi connectivity index (χ0) is 15.5. The molecule has 1 aromatic heterocycles.